The van der Waals surface area contributed by atoms with E-state index in [1.807, 2.05) is 6.92 Å². The molecule has 0 spiro atoms. The van der Waals surface area contributed by atoms with Gasteiger partial charge in [0.05, 0.1) is 12.6 Å². The van der Waals surface area contributed by atoms with E-state index in [2.05, 4.69) is 10.2 Å². The zero-order valence-electron chi connectivity index (χ0n) is 13.3. The second-order valence-electron chi connectivity index (χ2n) is 5.96. The standard InChI is InChI=1S/C14H28N4O2/c1-11(14(20)17(4)5)15-12-6-8-18(9-7-12)10-13(19)16(2)3/h11-12,15H,6-10H2,1-5H3. The van der Waals surface area contributed by atoms with E-state index in [-0.39, 0.29) is 17.9 Å². The Bertz CT molecular complexity index is 336. The molecule has 1 aliphatic rings. The fraction of sp³-hybridized carbons (Fsp3) is 0.857. The molecule has 0 saturated carbocycles. The average molecular weight is 284 g/mol. The Labute approximate surface area is 122 Å². The summed E-state index contributed by atoms with van der Waals surface area (Å²) in [5.41, 5.74) is 0. The smallest absolute Gasteiger partial charge is 0.238 e. The van der Waals surface area contributed by atoms with Crippen molar-refractivity contribution in [2.45, 2.75) is 31.8 Å². The molecule has 0 aromatic carbocycles. The van der Waals surface area contributed by atoms with E-state index in [9.17, 15) is 9.59 Å². The van der Waals surface area contributed by atoms with Crippen molar-refractivity contribution in [3.05, 3.63) is 0 Å². The Morgan fingerprint density at radius 3 is 2.15 bits per heavy atom. The number of nitrogens with zero attached hydrogens (tertiary/aromatic N) is 3. The Morgan fingerprint density at radius 1 is 1.15 bits per heavy atom. The summed E-state index contributed by atoms with van der Waals surface area (Å²) in [7, 11) is 7.11. The molecule has 1 atom stereocenters. The summed E-state index contributed by atoms with van der Waals surface area (Å²) >= 11 is 0. The largest absolute Gasteiger partial charge is 0.348 e. The molecule has 0 bridgehead atoms. The van der Waals surface area contributed by atoms with Crippen LogP contribution in [0.15, 0.2) is 0 Å². The molecule has 1 saturated heterocycles. The van der Waals surface area contributed by atoms with E-state index in [0.717, 1.165) is 25.9 Å². The lowest BCUT2D eigenvalue weighted by Crippen LogP contribution is -2.51. The van der Waals surface area contributed by atoms with Gasteiger partial charge in [-0.15, -0.1) is 0 Å². The maximum absolute atomic E-state index is 11.8. The van der Waals surface area contributed by atoms with E-state index in [1.165, 1.54) is 0 Å². The number of piperidine rings is 1. The molecule has 1 rings (SSSR count). The van der Waals surface area contributed by atoms with Crippen LogP contribution in [0.5, 0.6) is 0 Å². The highest BCUT2D eigenvalue weighted by atomic mass is 16.2. The molecule has 0 aliphatic carbocycles. The van der Waals surface area contributed by atoms with Crippen LogP contribution in [0.1, 0.15) is 19.8 Å². The third-order valence-corrected chi connectivity index (χ3v) is 3.74. The van der Waals surface area contributed by atoms with Gasteiger partial charge in [-0.25, -0.2) is 0 Å². The second-order valence-corrected chi connectivity index (χ2v) is 5.96. The van der Waals surface area contributed by atoms with Crippen molar-refractivity contribution in [3.63, 3.8) is 0 Å². The van der Waals surface area contributed by atoms with Crippen LogP contribution in [-0.4, -0.2) is 86.4 Å². The highest BCUT2D eigenvalue weighted by Gasteiger charge is 2.24. The molecule has 1 N–H and O–H groups in total. The molecule has 2 amide bonds. The second kappa shape index (κ2) is 7.59. The fourth-order valence-electron chi connectivity index (χ4n) is 2.40. The Hall–Kier alpha value is -1.14. The minimum absolute atomic E-state index is 0.107. The molecule has 116 valence electrons. The molecule has 20 heavy (non-hydrogen) atoms. The maximum atomic E-state index is 11.8. The van der Waals surface area contributed by atoms with E-state index in [1.54, 1.807) is 38.0 Å². The molecule has 1 aliphatic heterocycles. The van der Waals surface area contributed by atoms with Gasteiger partial charge in [-0.2, -0.15) is 0 Å². The van der Waals surface area contributed by atoms with Crippen LogP contribution in [0, 0.1) is 0 Å². The summed E-state index contributed by atoms with van der Waals surface area (Å²) in [6, 6.07) is 0.213. The van der Waals surface area contributed by atoms with Gasteiger partial charge in [-0.05, 0) is 19.8 Å². The van der Waals surface area contributed by atoms with E-state index >= 15 is 0 Å². The summed E-state index contributed by atoms with van der Waals surface area (Å²) in [6.45, 7) is 4.20. The van der Waals surface area contributed by atoms with Crippen LogP contribution in [0.4, 0.5) is 0 Å². The Kier molecular flexibility index (Phi) is 6.42. The molecule has 0 aromatic heterocycles. The maximum Gasteiger partial charge on any atom is 0.238 e. The van der Waals surface area contributed by atoms with E-state index in [4.69, 9.17) is 0 Å². The van der Waals surface area contributed by atoms with Crippen molar-refractivity contribution in [1.29, 1.82) is 0 Å². The van der Waals surface area contributed by atoms with Gasteiger partial charge in [0.1, 0.15) is 0 Å². The third-order valence-electron chi connectivity index (χ3n) is 3.74. The molecule has 6 heteroatoms. The molecular formula is C14H28N4O2. The van der Waals surface area contributed by atoms with Gasteiger partial charge in [0.2, 0.25) is 11.8 Å². The summed E-state index contributed by atoms with van der Waals surface area (Å²) in [6.07, 6.45) is 1.96. The van der Waals surface area contributed by atoms with Gasteiger partial charge in [0.15, 0.2) is 0 Å². The molecule has 0 aromatic rings. The molecule has 1 heterocycles. The number of amides is 2. The van der Waals surface area contributed by atoms with Crippen LogP contribution in [0.2, 0.25) is 0 Å². The zero-order chi connectivity index (χ0) is 15.3. The number of carbonyl (C=O) groups excluding carboxylic acids is 2. The van der Waals surface area contributed by atoms with Crippen molar-refractivity contribution in [1.82, 2.24) is 20.0 Å². The number of nitrogens with one attached hydrogen (secondary N) is 1. The quantitative estimate of drug-likeness (QED) is 0.747. The summed E-state index contributed by atoms with van der Waals surface area (Å²) < 4.78 is 0. The predicted octanol–water partition coefficient (Wildman–Crippen LogP) is -0.395. The predicted molar refractivity (Wildman–Crippen MR) is 79.4 cm³/mol. The summed E-state index contributed by atoms with van der Waals surface area (Å²) in [5, 5.41) is 3.38. The molecule has 0 radical (unpaired) electrons. The fourth-order valence-corrected chi connectivity index (χ4v) is 2.40. The van der Waals surface area contributed by atoms with Crippen LogP contribution in [0.25, 0.3) is 0 Å². The summed E-state index contributed by atoms with van der Waals surface area (Å²) in [5.74, 6) is 0.253. The van der Waals surface area contributed by atoms with E-state index in [0.29, 0.717) is 12.6 Å². The molecule has 1 unspecified atom stereocenters. The monoisotopic (exact) mass is 284 g/mol. The first kappa shape index (κ1) is 16.9. The van der Waals surface area contributed by atoms with Crippen molar-refractivity contribution in [2.75, 3.05) is 47.8 Å². The normalized spacial score (nSPS) is 18.6. The van der Waals surface area contributed by atoms with Crippen LogP contribution in [0.3, 0.4) is 0 Å². The number of likely N-dealkylation sites (N-methyl/N-ethyl adjacent to an activating group) is 2. The van der Waals surface area contributed by atoms with Gasteiger partial charge in [-0.3, -0.25) is 14.5 Å². The number of hydrogen-bond acceptors (Lipinski definition) is 4. The van der Waals surface area contributed by atoms with Gasteiger partial charge in [0.25, 0.3) is 0 Å². The van der Waals surface area contributed by atoms with Crippen molar-refractivity contribution >= 4 is 11.8 Å². The SMILES string of the molecule is CC(NC1CCN(CC(=O)N(C)C)CC1)C(=O)N(C)C. The first-order chi connectivity index (χ1) is 9.31. The number of hydrogen-bond donors (Lipinski definition) is 1. The van der Waals surface area contributed by atoms with Crippen molar-refractivity contribution in [3.8, 4) is 0 Å². The number of carbonyl (C=O) groups is 2. The lowest BCUT2D eigenvalue weighted by molar-refractivity contribution is -0.130. The number of likely N-dealkylation sites (tertiary alicyclic amines) is 1. The first-order valence-electron chi connectivity index (χ1n) is 7.21. The molecule has 1 fully saturated rings. The summed E-state index contributed by atoms with van der Waals surface area (Å²) in [4.78, 5) is 28.9. The van der Waals surface area contributed by atoms with Gasteiger partial charge in [-0.1, -0.05) is 0 Å². The average Bonchev–Trinajstić information content (AvgIpc) is 2.39. The van der Waals surface area contributed by atoms with Crippen molar-refractivity contribution in [2.24, 2.45) is 0 Å². The van der Waals surface area contributed by atoms with Gasteiger partial charge >= 0.3 is 0 Å². The molecule has 6 nitrogen and oxygen atoms in total. The highest BCUT2D eigenvalue weighted by Crippen LogP contribution is 2.11. The van der Waals surface area contributed by atoms with E-state index < -0.39 is 0 Å². The van der Waals surface area contributed by atoms with Gasteiger partial charge in [0, 0.05) is 47.3 Å². The van der Waals surface area contributed by atoms with Crippen LogP contribution >= 0.6 is 0 Å². The highest BCUT2D eigenvalue weighted by molar-refractivity contribution is 5.81. The first-order valence-corrected chi connectivity index (χ1v) is 7.21. The number of rotatable bonds is 5. The van der Waals surface area contributed by atoms with Crippen molar-refractivity contribution < 1.29 is 9.59 Å². The van der Waals surface area contributed by atoms with Crippen LogP contribution in [-0.2, 0) is 9.59 Å². The third kappa shape index (κ3) is 5.09. The lowest BCUT2D eigenvalue weighted by atomic mass is 10.0. The minimum atomic E-state index is -0.148. The van der Waals surface area contributed by atoms with Gasteiger partial charge < -0.3 is 15.1 Å². The lowest BCUT2D eigenvalue weighted by Gasteiger charge is -2.34. The molecular weight excluding hydrogens is 256 g/mol. The minimum Gasteiger partial charge on any atom is -0.348 e. The topological polar surface area (TPSA) is 55.9 Å². The zero-order valence-corrected chi connectivity index (χ0v) is 13.3. The Balaban J connectivity index is 2.32. The van der Waals surface area contributed by atoms with Crippen LogP contribution < -0.4 is 5.32 Å². The Morgan fingerprint density at radius 2 is 1.70 bits per heavy atom.